The topological polar surface area (TPSA) is 77.8 Å². The summed E-state index contributed by atoms with van der Waals surface area (Å²) in [5, 5.41) is 3.99. The van der Waals surface area contributed by atoms with Gasteiger partial charge in [-0.3, -0.25) is 4.98 Å². The maximum absolute atomic E-state index is 6.29. The molecule has 0 saturated heterocycles. The largest absolute Gasteiger partial charge is 0.337 e. The molecule has 5 nitrogen and oxygen atoms in total. The van der Waals surface area contributed by atoms with Gasteiger partial charge in [0.05, 0.1) is 5.54 Å². The first-order valence-corrected chi connectivity index (χ1v) is 6.23. The van der Waals surface area contributed by atoms with Crippen molar-refractivity contribution < 1.29 is 4.52 Å². The number of rotatable bonds is 2. The Morgan fingerprint density at radius 1 is 1.33 bits per heavy atom. The van der Waals surface area contributed by atoms with E-state index in [1.807, 2.05) is 19.1 Å². The van der Waals surface area contributed by atoms with Crippen molar-refractivity contribution in [2.24, 2.45) is 5.73 Å². The summed E-state index contributed by atoms with van der Waals surface area (Å²) in [7, 11) is 0. The Labute approximate surface area is 105 Å². The molecule has 18 heavy (non-hydrogen) atoms. The molecule has 0 amide bonds. The summed E-state index contributed by atoms with van der Waals surface area (Å²) in [5.74, 6) is 1.06. The van der Waals surface area contributed by atoms with Crippen molar-refractivity contribution in [2.75, 3.05) is 0 Å². The van der Waals surface area contributed by atoms with Gasteiger partial charge in [0.25, 0.3) is 0 Å². The van der Waals surface area contributed by atoms with Crippen LogP contribution in [0, 0.1) is 6.92 Å². The van der Waals surface area contributed by atoms with Crippen molar-refractivity contribution in [1.82, 2.24) is 15.1 Å². The molecular weight excluding hydrogens is 228 g/mol. The van der Waals surface area contributed by atoms with Gasteiger partial charge in [0.2, 0.25) is 11.7 Å². The number of nitrogens with zero attached hydrogens (tertiary/aromatic N) is 3. The van der Waals surface area contributed by atoms with Crippen LogP contribution in [0.3, 0.4) is 0 Å². The zero-order chi connectivity index (χ0) is 12.6. The van der Waals surface area contributed by atoms with Crippen molar-refractivity contribution in [1.29, 1.82) is 0 Å². The number of pyridine rings is 1. The third-order valence-electron chi connectivity index (χ3n) is 3.49. The Morgan fingerprint density at radius 2 is 2.11 bits per heavy atom. The lowest BCUT2D eigenvalue weighted by Gasteiger charge is -2.17. The molecule has 3 rings (SSSR count). The number of nitrogens with two attached hydrogens (primary N) is 1. The van der Waals surface area contributed by atoms with Crippen molar-refractivity contribution in [3.63, 3.8) is 0 Å². The van der Waals surface area contributed by atoms with E-state index in [0.717, 1.165) is 36.9 Å². The third kappa shape index (κ3) is 1.90. The molecule has 1 aliphatic rings. The normalized spacial score (nSPS) is 18.1. The fourth-order valence-corrected chi connectivity index (χ4v) is 2.41. The first-order valence-electron chi connectivity index (χ1n) is 6.23. The predicted molar refractivity (Wildman–Crippen MR) is 66.6 cm³/mol. The van der Waals surface area contributed by atoms with E-state index in [0.29, 0.717) is 11.7 Å². The average molecular weight is 244 g/mol. The highest BCUT2D eigenvalue weighted by atomic mass is 16.5. The maximum Gasteiger partial charge on any atom is 0.247 e. The van der Waals surface area contributed by atoms with Crippen LogP contribution in [-0.4, -0.2) is 15.1 Å². The van der Waals surface area contributed by atoms with Gasteiger partial charge in [0.1, 0.15) is 5.69 Å². The number of hydrogen-bond donors (Lipinski definition) is 1. The van der Waals surface area contributed by atoms with Crippen LogP contribution in [0.15, 0.2) is 22.9 Å². The number of hydrogen-bond acceptors (Lipinski definition) is 5. The monoisotopic (exact) mass is 244 g/mol. The van der Waals surface area contributed by atoms with Gasteiger partial charge in [-0.1, -0.05) is 18.0 Å². The Kier molecular flexibility index (Phi) is 2.63. The maximum atomic E-state index is 6.29. The number of aryl methyl sites for hydroxylation is 1. The predicted octanol–water partition coefficient (Wildman–Crippen LogP) is 2.17. The highest BCUT2D eigenvalue weighted by Crippen LogP contribution is 2.35. The van der Waals surface area contributed by atoms with Gasteiger partial charge in [0, 0.05) is 6.20 Å². The molecule has 5 heteroatoms. The van der Waals surface area contributed by atoms with Crippen LogP contribution < -0.4 is 5.73 Å². The molecule has 94 valence electrons. The van der Waals surface area contributed by atoms with Crippen LogP contribution in [0.2, 0.25) is 0 Å². The van der Waals surface area contributed by atoms with Crippen LogP contribution >= 0.6 is 0 Å². The van der Waals surface area contributed by atoms with Crippen molar-refractivity contribution in [3.05, 3.63) is 29.8 Å². The van der Waals surface area contributed by atoms with Crippen LogP contribution in [0.4, 0.5) is 0 Å². The summed E-state index contributed by atoms with van der Waals surface area (Å²) in [6.45, 7) is 2.01. The minimum absolute atomic E-state index is 0.435. The van der Waals surface area contributed by atoms with Gasteiger partial charge in [0.15, 0.2) is 0 Å². The summed E-state index contributed by atoms with van der Waals surface area (Å²) < 4.78 is 5.32. The van der Waals surface area contributed by atoms with E-state index in [1.165, 1.54) is 0 Å². The lowest BCUT2D eigenvalue weighted by atomic mass is 9.99. The minimum Gasteiger partial charge on any atom is -0.337 e. The molecule has 0 aromatic carbocycles. The molecule has 1 saturated carbocycles. The van der Waals surface area contributed by atoms with Crippen LogP contribution in [0.1, 0.15) is 37.1 Å². The Balaban J connectivity index is 1.94. The quantitative estimate of drug-likeness (QED) is 0.875. The van der Waals surface area contributed by atoms with E-state index in [-0.39, 0.29) is 0 Å². The molecule has 0 aliphatic heterocycles. The minimum atomic E-state index is -0.435. The third-order valence-corrected chi connectivity index (χ3v) is 3.49. The molecule has 0 atom stereocenters. The van der Waals surface area contributed by atoms with Crippen LogP contribution in [0.5, 0.6) is 0 Å². The second kappa shape index (κ2) is 4.17. The molecule has 2 aromatic heterocycles. The van der Waals surface area contributed by atoms with Crippen molar-refractivity contribution in [3.8, 4) is 11.5 Å². The highest BCUT2D eigenvalue weighted by molar-refractivity contribution is 5.49. The average Bonchev–Trinajstić information content (AvgIpc) is 2.98. The molecule has 0 unspecified atom stereocenters. The van der Waals surface area contributed by atoms with E-state index in [9.17, 15) is 0 Å². The lowest BCUT2D eigenvalue weighted by Crippen LogP contribution is -2.33. The fraction of sp³-hybridized carbons (Fsp3) is 0.462. The SMILES string of the molecule is Cc1ccnc(-c2noc(C3(N)CCCC3)n2)c1. The molecular formula is C13H16N4O. The first kappa shape index (κ1) is 11.3. The Bertz CT molecular complexity index is 558. The zero-order valence-electron chi connectivity index (χ0n) is 10.4. The first-order chi connectivity index (χ1) is 8.67. The molecule has 0 spiro atoms. The second-order valence-corrected chi connectivity index (χ2v) is 5.00. The van der Waals surface area contributed by atoms with Gasteiger partial charge in [-0.05, 0) is 37.5 Å². The summed E-state index contributed by atoms with van der Waals surface area (Å²) in [5.41, 5.74) is 7.70. The zero-order valence-corrected chi connectivity index (χ0v) is 10.4. The van der Waals surface area contributed by atoms with Gasteiger partial charge in [-0.15, -0.1) is 0 Å². The molecule has 2 heterocycles. The molecule has 0 bridgehead atoms. The van der Waals surface area contributed by atoms with Gasteiger partial charge >= 0.3 is 0 Å². The Hall–Kier alpha value is -1.75. The summed E-state index contributed by atoms with van der Waals surface area (Å²) in [6.07, 6.45) is 5.81. The molecule has 1 fully saturated rings. The standard InChI is InChI=1S/C13H16N4O/c1-9-4-7-15-10(8-9)11-16-12(18-17-11)13(14)5-2-3-6-13/h4,7-8H,2-3,5-6,14H2,1H3. The Morgan fingerprint density at radius 3 is 2.83 bits per heavy atom. The van der Waals surface area contributed by atoms with E-state index in [2.05, 4.69) is 15.1 Å². The van der Waals surface area contributed by atoms with Gasteiger partial charge < -0.3 is 10.3 Å². The highest BCUT2D eigenvalue weighted by Gasteiger charge is 2.37. The lowest BCUT2D eigenvalue weighted by molar-refractivity contribution is 0.285. The summed E-state index contributed by atoms with van der Waals surface area (Å²) in [4.78, 5) is 8.66. The molecule has 1 aliphatic carbocycles. The smallest absolute Gasteiger partial charge is 0.247 e. The fourth-order valence-electron chi connectivity index (χ4n) is 2.41. The van der Waals surface area contributed by atoms with E-state index < -0.39 is 5.54 Å². The van der Waals surface area contributed by atoms with Crippen molar-refractivity contribution >= 4 is 0 Å². The summed E-state index contributed by atoms with van der Waals surface area (Å²) in [6, 6.07) is 3.87. The van der Waals surface area contributed by atoms with E-state index in [1.54, 1.807) is 6.20 Å². The van der Waals surface area contributed by atoms with Crippen LogP contribution in [-0.2, 0) is 5.54 Å². The number of aromatic nitrogens is 3. The van der Waals surface area contributed by atoms with Gasteiger partial charge in [-0.2, -0.15) is 4.98 Å². The van der Waals surface area contributed by atoms with Gasteiger partial charge in [-0.25, -0.2) is 0 Å². The van der Waals surface area contributed by atoms with E-state index >= 15 is 0 Å². The molecule has 0 radical (unpaired) electrons. The van der Waals surface area contributed by atoms with E-state index in [4.69, 9.17) is 10.3 Å². The summed E-state index contributed by atoms with van der Waals surface area (Å²) >= 11 is 0. The second-order valence-electron chi connectivity index (χ2n) is 5.00. The molecule has 2 N–H and O–H groups in total. The van der Waals surface area contributed by atoms with Crippen LogP contribution in [0.25, 0.3) is 11.5 Å². The van der Waals surface area contributed by atoms with Crippen molar-refractivity contribution in [2.45, 2.75) is 38.1 Å². The molecule has 2 aromatic rings.